The molecule has 0 bridgehead atoms. The molecule has 2 atom stereocenters. The molecule has 17 heavy (non-hydrogen) atoms. The minimum Gasteiger partial charge on any atom is -0.406 e. The van der Waals surface area contributed by atoms with Crippen LogP contribution in [-0.2, 0) is 4.74 Å². The van der Waals surface area contributed by atoms with E-state index in [9.17, 15) is 4.79 Å². The summed E-state index contributed by atoms with van der Waals surface area (Å²) in [6.07, 6.45) is 1.60. The lowest BCUT2D eigenvalue weighted by atomic mass is 10.2. The average Bonchev–Trinajstić information content (AvgIpc) is 2.66. The van der Waals surface area contributed by atoms with Crippen molar-refractivity contribution in [2.24, 2.45) is 0 Å². The van der Waals surface area contributed by atoms with E-state index in [1.165, 1.54) is 4.57 Å². The fourth-order valence-electron chi connectivity index (χ4n) is 1.46. The lowest BCUT2D eigenvalue weighted by Crippen LogP contribution is -2.26. The highest BCUT2D eigenvalue weighted by molar-refractivity contribution is 7.71. The van der Waals surface area contributed by atoms with Gasteiger partial charge in [0.2, 0.25) is 0 Å². The average molecular weight is 256 g/mol. The van der Waals surface area contributed by atoms with E-state index in [4.69, 9.17) is 27.2 Å². The van der Waals surface area contributed by atoms with Crippen LogP contribution in [0.25, 0.3) is 0 Å². The van der Waals surface area contributed by atoms with Crippen molar-refractivity contribution in [1.29, 1.82) is 0 Å². The van der Waals surface area contributed by atoms with Crippen molar-refractivity contribution < 1.29 is 14.9 Å². The van der Waals surface area contributed by atoms with Gasteiger partial charge >= 0.3 is 5.69 Å². The molecule has 1 aromatic rings. The summed E-state index contributed by atoms with van der Waals surface area (Å²) >= 11 is 4.80. The molecule has 2 rings (SSSR count). The standard InChI is InChI=1S/C8H10N2O3S.CH3BO/c11-7-2-1-6(13-7)10-4-3-5(14)9-8(10)12;2-1-3/h3-4,6-7,11H,1-2H2,(H,9,12,14);3H,1H2/t6?,7-;/m0./s1. The summed E-state index contributed by atoms with van der Waals surface area (Å²) in [6, 6.07) is 1.62. The van der Waals surface area contributed by atoms with E-state index in [1.807, 2.05) is 0 Å². The molecule has 0 aliphatic carbocycles. The molecular weight excluding hydrogens is 243 g/mol. The maximum absolute atomic E-state index is 11.4. The van der Waals surface area contributed by atoms with Crippen LogP contribution in [0.15, 0.2) is 17.1 Å². The van der Waals surface area contributed by atoms with E-state index < -0.39 is 6.29 Å². The van der Waals surface area contributed by atoms with Crippen molar-refractivity contribution in [2.45, 2.75) is 25.4 Å². The van der Waals surface area contributed by atoms with Crippen molar-refractivity contribution >= 4 is 20.1 Å². The summed E-state index contributed by atoms with van der Waals surface area (Å²) in [7, 11) is 4.40. The zero-order valence-electron chi connectivity index (χ0n) is 9.07. The second kappa shape index (κ2) is 6.70. The molecule has 1 aromatic heterocycles. The Hall–Kier alpha value is -0.955. The molecule has 6 nitrogen and oxygen atoms in total. The summed E-state index contributed by atoms with van der Waals surface area (Å²) in [5.41, 5.74) is -0.309. The predicted molar refractivity (Wildman–Crippen MR) is 64.1 cm³/mol. The van der Waals surface area contributed by atoms with E-state index in [2.05, 4.69) is 12.8 Å². The van der Waals surface area contributed by atoms with Crippen LogP contribution < -0.4 is 5.69 Å². The quantitative estimate of drug-likeness (QED) is 0.471. The van der Waals surface area contributed by atoms with Crippen LogP contribution in [-0.4, -0.2) is 40.4 Å². The first-order chi connectivity index (χ1) is 8.08. The Labute approximate surface area is 104 Å². The van der Waals surface area contributed by atoms with Crippen LogP contribution in [0.3, 0.4) is 0 Å². The number of aliphatic hydroxyl groups is 2. The maximum Gasteiger partial charge on any atom is 0.328 e. The predicted octanol–water partition coefficient (Wildman–Crippen LogP) is -0.362. The van der Waals surface area contributed by atoms with Gasteiger partial charge < -0.3 is 14.9 Å². The Morgan fingerprint density at radius 1 is 1.65 bits per heavy atom. The van der Waals surface area contributed by atoms with Gasteiger partial charge in [-0.15, -0.1) is 0 Å². The monoisotopic (exact) mass is 256 g/mol. The normalized spacial score (nSPS) is 22.9. The van der Waals surface area contributed by atoms with E-state index >= 15 is 0 Å². The Kier molecular flexibility index (Phi) is 5.56. The lowest BCUT2D eigenvalue weighted by Gasteiger charge is -2.12. The van der Waals surface area contributed by atoms with Crippen LogP contribution in [0.2, 0.25) is 0 Å². The molecule has 2 radical (unpaired) electrons. The van der Waals surface area contributed by atoms with Crippen molar-refractivity contribution in [3.8, 4) is 0 Å². The second-order valence-corrected chi connectivity index (χ2v) is 3.76. The first kappa shape index (κ1) is 14.1. The Bertz CT molecular complexity index is 461. The molecular formula is C9H13BN2O4S. The van der Waals surface area contributed by atoms with Gasteiger partial charge in [0.15, 0.2) is 6.29 Å². The van der Waals surface area contributed by atoms with Gasteiger partial charge in [-0.05, 0) is 12.5 Å². The van der Waals surface area contributed by atoms with Gasteiger partial charge in [0, 0.05) is 19.1 Å². The Balaban J connectivity index is 0.000000437. The largest absolute Gasteiger partial charge is 0.406 e. The highest BCUT2D eigenvalue weighted by atomic mass is 32.1. The number of nitrogens with one attached hydrogen (secondary N) is 1. The Morgan fingerprint density at radius 2 is 2.29 bits per heavy atom. The van der Waals surface area contributed by atoms with Gasteiger partial charge in [0.1, 0.15) is 18.7 Å². The van der Waals surface area contributed by atoms with E-state index in [0.717, 1.165) is 0 Å². The second-order valence-electron chi connectivity index (χ2n) is 3.32. The summed E-state index contributed by atoms with van der Waals surface area (Å²) in [4.78, 5) is 13.9. The van der Waals surface area contributed by atoms with Crippen LogP contribution in [0.5, 0.6) is 0 Å². The number of H-pyrrole nitrogens is 1. The molecule has 1 fully saturated rings. The fraction of sp³-hybridized carbons (Fsp3) is 0.556. The van der Waals surface area contributed by atoms with Gasteiger partial charge in [0.05, 0.1) is 0 Å². The SMILES string of the molecule is O=c1[nH]c(=S)ccn1C1CC[C@@H](O)O1.[B]CO. The summed E-state index contributed by atoms with van der Waals surface area (Å²) in [5, 5.41) is 16.5. The van der Waals surface area contributed by atoms with Gasteiger partial charge in [-0.2, -0.15) is 0 Å². The third-order valence-electron chi connectivity index (χ3n) is 2.14. The van der Waals surface area contributed by atoms with Crippen molar-refractivity contribution in [1.82, 2.24) is 9.55 Å². The van der Waals surface area contributed by atoms with E-state index in [-0.39, 0.29) is 18.4 Å². The molecule has 8 heteroatoms. The first-order valence-electron chi connectivity index (χ1n) is 5.04. The fourth-order valence-corrected chi connectivity index (χ4v) is 1.61. The lowest BCUT2D eigenvalue weighted by molar-refractivity contribution is -0.113. The third kappa shape index (κ3) is 4.08. The van der Waals surface area contributed by atoms with Crippen LogP contribution in [0.1, 0.15) is 19.1 Å². The molecule has 1 saturated heterocycles. The number of ether oxygens (including phenoxy) is 1. The number of aromatic amines is 1. The summed E-state index contributed by atoms with van der Waals surface area (Å²) in [6.45, 7) is -0.250. The van der Waals surface area contributed by atoms with E-state index in [0.29, 0.717) is 17.5 Å². The molecule has 92 valence electrons. The molecule has 0 spiro atoms. The van der Waals surface area contributed by atoms with Crippen LogP contribution in [0.4, 0.5) is 0 Å². The molecule has 1 aliphatic heterocycles. The van der Waals surface area contributed by atoms with Crippen LogP contribution >= 0.6 is 12.2 Å². The maximum atomic E-state index is 11.4. The number of nitrogens with zero attached hydrogens (tertiary/aromatic N) is 1. The first-order valence-corrected chi connectivity index (χ1v) is 5.45. The van der Waals surface area contributed by atoms with Gasteiger partial charge in [-0.25, -0.2) is 4.79 Å². The van der Waals surface area contributed by atoms with Crippen LogP contribution in [0, 0.1) is 4.64 Å². The smallest absolute Gasteiger partial charge is 0.328 e. The summed E-state index contributed by atoms with van der Waals surface area (Å²) < 4.78 is 6.92. The Morgan fingerprint density at radius 3 is 2.76 bits per heavy atom. The third-order valence-corrected chi connectivity index (χ3v) is 2.37. The highest BCUT2D eigenvalue weighted by Crippen LogP contribution is 2.24. The molecule has 1 unspecified atom stereocenters. The number of rotatable bonds is 1. The minimum atomic E-state index is -0.768. The number of hydrogen-bond acceptors (Lipinski definition) is 5. The minimum absolute atomic E-state index is 0.250. The van der Waals surface area contributed by atoms with Crippen molar-refractivity contribution in [3.63, 3.8) is 0 Å². The topological polar surface area (TPSA) is 87.5 Å². The van der Waals surface area contributed by atoms with Gasteiger partial charge in [-0.1, -0.05) is 12.2 Å². The van der Waals surface area contributed by atoms with E-state index in [1.54, 1.807) is 12.3 Å². The zero-order valence-corrected chi connectivity index (χ0v) is 9.89. The van der Waals surface area contributed by atoms with Gasteiger partial charge in [0.25, 0.3) is 0 Å². The molecule has 2 heterocycles. The molecule has 1 aliphatic rings. The zero-order chi connectivity index (χ0) is 12.8. The highest BCUT2D eigenvalue weighted by Gasteiger charge is 2.24. The molecule has 0 aromatic carbocycles. The molecule has 3 N–H and O–H groups in total. The number of aliphatic hydroxyl groups excluding tert-OH is 2. The molecule has 0 saturated carbocycles. The van der Waals surface area contributed by atoms with Crippen molar-refractivity contribution in [2.75, 3.05) is 6.51 Å². The van der Waals surface area contributed by atoms with Gasteiger partial charge in [-0.3, -0.25) is 9.55 Å². The van der Waals surface area contributed by atoms with Crippen molar-refractivity contribution in [3.05, 3.63) is 27.4 Å². The molecule has 0 amide bonds. The number of hydrogen-bond donors (Lipinski definition) is 3. The number of aromatic nitrogens is 2. The summed E-state index contributed by atoms with van der Waals surface area (Å²) in [5.74, 6) is 0.